The third kappa shape index (κ3) is 2.33. The van der Waals surface area contributed by atoms with E-state index in [9.17, 15) is 0 Å². The van der Waals surface area contributed by atoms with Crippen molar-refractivity contribution in [2.75, 3.05) is 20.3 Å². The van der Waals surface area contributed by atoms with E-state index in [1.807, 2.05) is 6.20 Å². The van der Waals surface area contributed by atoms with E-state index in [0.717, 1.165) is 25.6 Å². The number of aromatic nitrogens is 2. The van der Waals surface area contributed by atoms with E-state index >= 15 is 0 Å². The van der Waals surface area contributed by atoms with Crippen molar-refractivity contribution in [3.63, 3.8) is 0 Å². The maximum absolute atomic E-state index is 4.97. The fourth-order valence-electron chi connectivity index (χ4n) is 1.58. The lowest BCUT2D eigenvalue weighted by molar-refractivity contribution is 0.199. The fourth-order valence-corrected chi connectivity index (χ4v) is 1.58. The van der Waals surface area contributed by atoms with E-state index < -0.39 is 0 Å². The normalized spacial score (nSPS) is 16.1. The van der Waals surface area contributed by atoms with Crippen molar-refractivity contribution in [2.24, 2.45) is 0 Å². The lowest BCUT2D eigenvalue weighted by Crippen LogP contribution is -2.18. The van der Waals surface area contributed by atoms with Gasteiger partial charge in [0.05, 0.1) is 12.8 Å². The van der Waals surface area contributed by atoms with Gasteiger partial charge in [0.1, 0.15) is 0 Å². The van der Waals surface area contributed by atoms with Crippen molar-refractivity contribution in [2.45, 2.75) is 25.3 Å². The second kappa shape index (κ2) is 4.57. The zero-order chi connectivity index (χ0) is 9.80. The second-order valence-corrected chi connectivity index (χ2v) is 3.75. The molecule has 4 heteroatoms. The van der Waals surface area contributed by atoms with Crippen LogP contribution < -0.4 is 5.32 Å². The van der Waals surface area contributed by atoms with Crippen molar-refractivity contribution in [1.29, 1.82) is 0 Å². The molecule has 0 unspecified atom stereocenters. The minimum absolute atomic E-state index is 0.747. The maximum Gasteiger partial charge on any atom is 0.0587 e. The lowest BCUT2D eigenvalue weighted by Gasteiger charge is -2.03. The van der Waals surface area contributed by atoms with Crippen LogP contribution in [0.5, 0.6) is 0 Å². The predicted molar refractivity (Wildman–Crippen MR) is 54.1 cm³/mol. The minimum atomic E-state index is 0.747. The van der Waals surface area contributed by atoms with Gasteiger partial charge in [-0.15, -0.1) is 0 Å². The van der Waals surface area contributed by atoms with Crippen LogP contribution in [0.1, 0.15) is 30.0 Å². The Kier molecular flexibility index (Phi) is 3.16. The third-order valence-electron chi connectivity index (χ3n) is 2.54. The Morgan fingerprint density at radius 2 is 2.50 bits per heavy atom. The summed E-state index contributed by atoms with van der Waals surface area (Å²) >= 11 is 0. The Morgan fingerprint density at radius 3 is 3.21 bits per heavy atom. The highest BCUT2D eigenvalue weighted by atomic mass is 16.5. The van der Waals surface area contributed by atoms with Gasteiger partial charge in [0.15, 0.2) is 0 Å². The van der Waals surface area contributed by atoms with Gasteiger partial charge >= 0.3 is 0 Å². The first kappa shape index (κ1) is 9.68. The van der Waals surface area contributed by atoms with E-state index in [0.29, 0.717) is 0 Å². The molecule has 1 fully saturated rings. The Labute approximate surface area is 84.0 Å². The molecule has 0 radical (unpaired) electrons. The summed E-state index contributed by atoms with van der Waals surface area (Å²) in [6, 6.07) is 0. The molecule has 1 aliphatic carbocycles. The molecule has 0 amide bonds. The van der Waals surface area contributed by atoms with Crippen molar-refractivity contribution >= 4 is 0 Å². The molecule has 0 aromatic carbocycles. The first-order chi connectivity index (χ1) is 6.92. The standard InChI is InChI=1S/C10H17N3O/c1-14-5-4-11-6-9-7-12-13-10(9)8-2-3-8/h7-8,11H,2-6H2,1H3,(H,12,13). The summed E-state index contributed by atoms with van der Waals surface area (Å²) in [5, 5.41) is 10.5. The third-order valence-corrected chi connectivity index (χ3v) is 2.54. The highest BCUT2D eigenvalue weighted by Gasteiger charge is 2.27. The number of nitrogens with zero attached hydrogens (tertiary/aromatic N) is 1. The average molecular weight is 195 g/mol. The van der Waals surface area contributed by atoms with Crippen LogP contribution in [0, 0.1) is 0 Å². The zero-order valence-electron chi connectivity index (χ0n) is 8.55. The molecule has 1 aromatic rings. The fraction of sp³-hybridized carbons (Fsp3) is 0.700. The Balaban J connectivity index is 1.80. The molecule has 1 heterocycles. The summed E-state index contributed by atoms with van der Waals surface area (Å²) in [5.74, 6) is 0.747. The molecule has 1 saturated carbocycles. The number of hydrogen-bond acceptors (Lipinski definition) is 3. The van der Waals surface area contributed by atoms with Gasteiger partial charge in [-0.1, -0.05) is 0 Å². The average Bonchev–Trinajstić information content (AvgIpc) is 2.94. The summed E-state index contributed by atoms with van der Waals surface area (Å²) in [7, 11) is 1.72. The van der Waals surface area contributed by atoms with Gasteiger partial charge in [0, 0.05) is 37.4 Å². The zero-order valence-corrected chi connectivity index (χ0v) is 8.55. The molecule has 0 bridgehead atoms. The quantitative estimate of drug-likeness (QED) is 0.666. The minimum Gasteiger partial charge on any atom is -0.383 e. The van der Waals surface area contributed by atoms with E-state index in [1.165, 1.54) is 24.1 Å². The van der Waals surface area contributed by atoms with Gasteiger partial charge in [-0.2, -0.15) is 5.10 Å². The van der Waals surface area contributed by atoms with Crippen LogP contribution in [0.25, 0.3) is 0 Å². The molecule has 0 aliphatic heterocycles. The van der Waals surface area contributed by atoms with Crippen LogP contribution in [0.2, 0.25) is 0 Å². The van der Waals surface area contributed by atoms with Gasteiger partial charge in [-0.05, 0) is 12.8 Å². The summed E-state index contributed by atoms with van der Waals surface area (Å²) in [4.78, 5) is 0. The van der Waals surface area contributed by atoms with Crippen molar-refractivity contribution in [1.82, 2.24) is 15.5 Å². The number of rotatable bonds is 6. The molecule has 4 nitrogen and oxygen atoms in total. The van der Waals surface area contributed by atoms with Crippen LogP contribution in [0.3, 0.4) is 0 Å². The Hall–Kier alpha value is -0.870. The Bertz CT molecular complexity index is 281. The molecule has 2 rings (SSSR count). The molecular formula is C10H17N3O. The van der Waals surface area contributed by atoms with Crippen LogP contribution >= 0.6 is 0 Å². The number of aromatic amines is 1. The Morgan fingerprint density at radius 1 is 1.64 bits per heavy atom. The maximum atomic E-state index is 4.97. The van der Waals surface area contributed by atoms with Crippen LogP contribution in [-0.2, 0) is 11.3 Å². The van der Waals surface area contributed by atoms with E-state index in [4.69, 9.17) is 4.74 Å². The molecular weight excluding hydrogens is 178 g/mol. The monoisotopic (exact) mass is 195 g/mol. The second-order valence-electron chi connectivity index (χ2n) is 3.75. The van der Waals surface area contributed by atoms with Crippen molar-refractivity contribution in [3.05, 3.63) is 17.5 Å². The first-order valence-corrected chi connectivity index (χ1v) is 5.13. The SMILES string of the molecule is COCCNCc1cn[nH]c1C1CC1. The summed E-state index contributed by atoms with van der Waals surface area (Å²) in [6.45, 7) is 2.55. The van der Waals surface area contributed by atoms with Gasteiger partial charge in [0.25, 0.3) is 0 Å². The highest BCUT2D eigenvalue weighted by molar-refractivity contribution is 5.23. The van der Waals surface area contributed by atoms with Gasteiger partial charge in [-0.3, -0.25) is 5.10 Å². The highest BCUT2D eigenvalue weighted by Crippen LogP contribution is 2.40. The first-order valence-electron chi connectivity index (χ1n) is 5.13. The molecule has 2 N–H and O–H groups in total. The number of methoxy groups -OCH3 is 1. The van der Waals surface area contributed by atoms with Crippen LogP contribution in [0.15, 0.2) is 6.20 Å². The van der Waals surface area contributed by atoms with Gasteiger partial charge < -0.3 is 10.1 Å². The smallest absolute Gasteiger partial charge is 0.0587 e. The molecule has 14 heavy (non-hydrogen) atoms. The van der Waals surface area contributed by atoms with Crippen molar-refractivity contribution < 1.29 is 4.74 Å². The topological polar surface area (TPSA) is 49.9 Å². The number of H-pyrrole nitrogens is 1. The van der Waals surface area contributed by atoms with Gasteiger partial charge in [-0.25, -0.2) is 0 Å². The van der Waals surface area contributed by atoms with Crippen LogP contribution in [0.4, 0.5) is 0 Å². The van der Waals surface area contributed by atoms with Gasteiger partial charge in [0.2, 0.25) is 0 Å². The number of hydrogen-bond donors (Lipinski definition) is 2. The number of nitrogens with one attached hydrogen (secondary N) is 2. The summed E-state index contributed by atoms with van der Waals surface area (Å²) < 4.78 is 4.97. The van der Waals surface area contributed by atoms with Crippen molar-refractivity contribution in [3.8, 4) is 0 Å². The lowest BCUT2D eigenvalue weighted by atomic mass is 10.2. The predicted octanol–water partition coefficient (Wildman–Crippen LogP) is 1.02. The molecule has 0 spiro atoms. The molecule has 78 valence electrons. The van der Waals surface area contributed by atoms with E-state index in [1.54, 1.807) is 7.11 Å². The van der Waals surface area contributed by atoms with Crippen LogP contribution in [-0.4, -0.2) is 30.5 Å². The van der Waals surface area contributed by atoms with E-state index in [-0.39, 0.29) is 0 Å². The number of ether oxygens (including phenoxy) is 1. The molecule has 1 aromatic heterocycles. The summed E-state index contributed by atoms with van der Waals surface area (Å²) in [5.41, 5.74) is 2.64. The molecule has 0 saturated heterocycles. The largest absolute Gasteiger partial charge is 0.383 e. The summed E-state index contributed by atoms with van der Waals surface area (Å²) in [6.07, 6.45) is 4.55. The molecule has 1 aliphatic rings. The van der Waals surface area contributed by atoms with E-state index in [2.05, 4.69) is 15.5 Å². The molecule has 0 atom stereocenters.